The van der Waals surface area contributed by atoms with E-state index in [-0.39, 0.29) is 0 Å². The fourth-order valence-corrected chi connectivity index (χ4v) is 2.41. The number of methoxy groups -OCH3 is 1. The van der Waals surface area contributed by atoms with E-state index >= 15 is 0 Å². The SMILES string of the molecule is CCCCC(Cc1cc(C)ccc1OC)NCCC. The van der Waals surface area contributed by atoms with Gasteiger partial charge < -0.3 is 10.1 Å². The Morgan fingerprint density at radius 3 is 2.63 bits per heavy atom. The molecule has 0 aromatic heterocycles. The van der Waals surface area contributed by atoms with Crippen LogP contribution in [0.2, 0.25) is 0 Å². The van der Waals surface area contributed by atoms with Crippen molar-refractivity contribution in [2.24, 2.45) is 0 Å². The summed E-state index contributed by atoms with van der Waals surface area (Å²) in [6.45, 7) is 7.72. The lowest BCUT2D eigenvalue weighted by Gasteiger charge is -2.20. The van der Waals surface area contributed by atoms with Crippen LogP contribution in [0.4, 0.5) is 0 Å². The maximum atomic E-state index is 5.48. The Labute approximate surface area is 118 Å². The molecule has 0 aliphatic carbocycles. The van der Waals surface area contributed by atoms with E-state index in [1.165, 1.54) is 36.8 Å². The van der Waals surface area contributed by atoms with Crippen LogP contribution in [0.5, 0.6) is 5.75 Å². The summed E-state index contributed by atoms with van der Waals surface area (Å²) in [4.78, 5) is 0. The van der Waals surface area contributed by atoms with Crippen LogP contribution in [-0.2, 0) is 6.42 Å². The second-order valence-corrected chi connectivity index (χ2v) is 5.31. The lowest BCUT2D eigenvalue weighted by Crippen LogP contribution is -2.31. The van der Waals surface area contributed by atoms with Gasteiger partial charge in [0.2, 0.25) is 0 Å². The molecule has 2 heteroatoms. The molecule has 0 aliphatic rings. The van der Waals surface area contributed by atoms with Crippen molar-refractivity contribution in [3.05, 3.63) is 29.3 Å². The van der Waals surface area contributed by atoms with Gasteiger partial charge in [-0.25, -0.2) is 0 Å². The van der Waals surface area contributed by atoms with E-state index in [1.807, 2.05) is 0 Å². The molecule has 1 unspecified atom stereocenters. The highest BCUT2D eigenvalue weighted by molar-refractivity contribution is 5.37. The summed E-state index contributed by atoms with van der Waals surface area (Å²) in [7, 11) is 1.76. The Hall–Kier alpha value is -1.02. The molecule has 19 heavy (non-hydrogen) atoms. The van der Waals surface area contributed by atoms with E-state index in [0.717, 1.165) is 18.7 Å². The number of rotatable bonds is 9. The maximum absolute atomic E-state index is 5.48. The number of hydrogen-bond donors (Lipinski definition) is 1. The first-order valence-corrected chi connectivity index (χ1v) is 7.58. The third-order valence-electron chi connectivity index (χ3n) is 3.49. The van der Waals surface area contributed by atoms with Crippen LogP contribution in [0.1, 0.15) is 50.7 Å². The summed E-state index contributed by atoms with van der Waals surface area (Å²) >= 11 is 0. The molecular weight excluding hydrogens is 234 g/mol. The van der Waals surface area contributed by atoms with Gasteiger partial charge >= 0.3 is 0 Å². The van der Waals surface area contributed by atoms with Crippen LogP contribution in [0, 0.1) is 6.92 Å². The summed E-state index contributed by atoms with van der Waals surface area (Å²) in [6, 6.07) is 7.02. The van der Waals surface area contributed by atoms with Gasteiger partial charge in [-0.3, -0.25) is 0 Å². The lowest BCUT2D eigenvalue weighted by molar-refractivity contribution is 0.400. The number of benzene rings is 1. The molecule has 108 valence electrons. The number of nitrogens with one attached hydrogen (secondary N) is 1. The minimum atomic E-state index is 0.565. The molecule has 0 bridgehead atoms. The average Bonchev–Trinajstić information content (AvgIpc) is 2.42. The van der Waals surface area contributed by atoms with E-state index in [9.17, 15) is 0 Å². The molecule has 1 N–H and O–H groups in total. The molecule has 1 aromatic carbocycles. The van der Waals surface area contributed by atoms with E-state index in [4.69, 9.17) is 4.74 Å². The minimum Gasteiger partial charge on any atom is -0.496 e. The highest BCUT2D eigenvalue weighted by Gasteiger charge is 2.12. The molecule has 0 spiro atoms. The largest absolute Gasteiger partial charge is 0.496 e. The van der Waals surface area contributed by atoms with Crippen molar-refractivity contribution in [3.8, 4) is 5.75 Å². The first kappa shape index (κ1) is 16.0. The van der Waals surface area contributed by atoms with Gasteiger partial charge in [0.1, 0.15) is 5.75 Å². The molecule has 0 saturated carbocycles. The van der Waals surface area contributed by atoms with Gasteiger partial charge in [-0.05, 0) is 44.4 Å². The molecule has 0 aliphatic heterocycles. The number of ether oxygens (including phenoxy) is 1. The van der Waals surface area contributed by atoms with Gasteiger partial charge in [0, 0.05) is 6.04 Å². The fraction of sp³-hybridized carbons (Fsp3) is 0.647. The van der Waals surface area contributed by atoms with E-state index in [1.54, 1.807) is 7.11 Å². The zero-order valence-electron chi connectivity index (χ0n) is 13.0. The standard InChI is InChI=1S/C17H29NO/c1-5-7-8-16(18-11-6-2)13-15-12-14(3)9-10-17(15)19-4/h9-10,12,16,18H,5-8,11,13H2,1-4H3. The van der Waals surface area contributed by atoms with Crippen molar-refractivity contribution in [2.45, 2.75) is 58.9 Å². The van der Waals surface area contributed by atoms with Crippen LogP contribution in [0.15, 0.2) is 18.2 Å². The lowest BCUT2D eigenvalue weighted by atomic mass is 9.98. The molecule has 1 atom stereocenters. The smallest absolute Gasteiger partial charge is 0.122 e. The summed E-state index contributed by atoms with van der Waals surface area (Å²) in [6.07, 6.45) is 6.04. The second-order valence-electron chi connectivity index (χ2n) is 5.31. The minimum absolute atomic E-state index is 0.565. The first-order valence-electron chi connectivity index (χ1n) is 7.58. The van der Waals surface area contributed by atoms with Gasteiger partial charge in [0.15, 0.2) is 0 Å². The second kappa shape index (κ2) is 8.98. The molecule has 0 radical (unpaired) electrons. The summed E-state index contributed by atoms with van der Waals surface area (Å²) in [5.41, 5.74) is 2.63. The predicted molar refractivity (Wildman–Crippen MR) is 83.0 cm³/mol. The zero-order valence-corrected chi connectivity index (χ0v) is 13.0. The maximum Gasteiger partial charge on any atom is 0.122 e. The fourth-order valence-electron chi connectivity index (χ4n) is 2.41. The van der Waals surface area contributed by atoms with Crippen molar-refractivity contribution >= 4 is 0 Å². The Balaban J connectivity index is 2.72. The van der Waals surface area contributed by atoms with Crippen LogP contribution >= 0.6 is 0 Å². The van der Waals surface area contributed by atoms with Gasteiger partial charge in [-0.1, -0.05) is 44.4 Å². The Morgan fingerprint density at radius 1 is 1.21 bits per heavy atom. The van der Waals surface area contributed by atoms with Crippen LogP contribution in [-0.4, -0.2) is 19.7 Å². The molecule has 1 rings (SSSR count). The van der Waals surface area contributed by atoms with Gasteiger partial charge in [-0.2, -0.15) is 0 Å². The summed E-state index contributed by atoms with van der Waals surface area (Å²) in [5.74, 6) is 1.02. The average molecular weight is 263 g/mol. The van der Waals surface area contributed by atoms with E-state index in [0.29, 0.717) is 6.04 Å². The molecular formula is C17H29NO. The van der Waals surface area contributed by atoms with Crippen LogP contribution in [0.3, 0.4) is 0 Å². The number of unbranched alkanes of at least 4 members (excludes halogenated alkanes) is 1. The highest BCUT2D eigenvalue weighted by atomic mass is 16.5. The Kier molecular flexibility index (Phi) is 7.57. The molecule has 0 heterocycles. The van der Waals surface area contributed by atoms with Crippen LogP contribution in [0.25, 0.3) is 0 Å². The van der Waals surface area contributed by atoms with Crippen molar-refractivity contribution in [3.63, 3.8) is 0 Å². The predicted octanol–water partition coefficient (Wildman–Crippen LogP) is 4.10. The van der Waals surface area contributed by atoms with E-state index < -0.39 is 0 Å². The highest BCUT2D eigenvalue weighted by Crippen LogP contribution is 2.22. The Bertz CT molecular complexity index is 354. The summed E-state index contributed by atoms with van der Waals surface area (Å²) < 4.78 is 5.48. The van der Waals surface area contributed by atoms with Crippen LogP contribution < -0.4 is 10.1 Å². The molecule has 1 aromatic rings. The monoisotopic (exact) mass is 263 g/mol. The third kappa shape index (κ3) is 5.65. The van der Waals surface area contributed by atoms with E-state index in [2.05, 4.69) is 44.3 Å². The molecule has 2 nitrogen and oxygen atoms in total. The van der Waals surface area contributed by atoms with Gasteiger partial charge in [-0.15, -0.1) is 0 Å². The summed E-state index contributed by atoms with van der Waals surface area (Å²) in [5, 5.41) is 3.67. The molecule has 0 saturated heterocycles. The molecule has 0 amide bonds. The number of aryl methyl sites for hydroxylation is 1. The normalized spacial score (nSPS) is 12.4. The van der Waals surface area contributed by atoms with Crippen molar-refractivity contribution in [1.82, 2.24) is 5.32 Å². The first-order chi connectivity index (χ1) is 9.21. The van der Waals surface area contributed by atoms with Gasteiger partial charge in [0.25, 0.3) is 0 Å². The topological polar surface area (TPSA) is 21.3 Å². The Morgan fingerprint density at radius 2 is 2.00 bits per heavy atom. The van der Waals surface area contributed by atoms with Crippen molar-refractivity contribution < 1.29 is 4.74 Å². The zero-order chi connectivity index (χ0) is 14.1. The van der Waals surface area contributed by atoms with Gasteiger partial charge in [0.05, 0.1) is 7.11 Å². The molecule has 0 fully saturated rings. The number of hydrogen-bond acceptors (Lipinski definition) is 2. The van der Waals surface area contributed by atoms with Crippen molar-refractivity contribution in [1.29, 1.82) is 0 Å². The third-order valence-corrected chi connectivity index (χ3v) is 3.49. The quantitative estimate of drug-likeness (QED) is 0.724. The van der Waals surface area contributed by atoms with Crippen molar-refractivity contribution in [2.75, 3.05) is 13.7 Å².